The van der Waals surface area contributed by atoms with Gasteiger partial charge in [0.15, 0.2) is 5.92 Å². The van der Waals surface area contributed by atoms with Crippen LogP contribution in [0.25, 0.3) is 0 Å². The van der Waals surface area contributed by atoms with Crippen LogP contribution in [0, 0.1) is 5.92 Å². The SMILES string of the molecule is COC(=O)[C@@H](COC(C)(C)C)C(N)=O. The Balaban J connectivity index is 4.26. The van der Waals surface area contributed by atoms with E-state index in [1.807, 2.05) is 20.8 Å². The minimum absolute atomic E-state index is 0.0501. The standard InChI is InChI=1S/C9H17NO4/c1-9(2,3)14-5-6(7(10)11)8(12)13-4/h6H,5H2,1-4H3,(H2,10,11)/t6-/m0/s1. The van der Waals surface area contributed by atoms with E-state index < -0.39 is 23.4 Å². The Labute approximate surface area is 83.5 Å². The summed E-state index contributed by atoms with van der Waals surface area (Å²) in [5.74, 6) is -2.43. The molecule has 5 nitrogen and oxygen atoms in total. The highest BCUT2D eigenvalue weighted by Gasteiger charge is 2.27. The average molecular weight is 203 g/mol. The molecule has 0 saturated carbocycles. The van der Waals surface area contributed by atoms with E-state index in [0.717, 1.165) is 0 Å². The van der Waals surface area contributed by atoms with Gasteiger partial charge in [0.1, 0.15) is 0 Å². The van der Waals surface area contributed by atoms with Crippen molar-refractivity contribution in [1.29, 1.82) is 0 Å². The Bertz CT molecular complexity index is 219. The zero-order chi connectivity index (χ0) is 11.4. The van der Waals surface area contributed by atoms with Gasteiger partial charge in [0.25, 0.3) is 0 Å². The van der Waals surface area contributed by atoms with Gasteiger partial charge in [-0.05, 0) is 20.8 Å². The predicted molar refractivity (Wildman–Crippen MR) is 50.4 cm³/mol. The monoisotopic (exact) mass is 203 g/mol. The van der Waals surface area contributed by atoms with Crippen molar-refractivity contribution in [2.24, 2.45) is 11.7 Å². The van der Waals surface area contributed by atoms with E-state index in [0.29, 0.717) is 0 Å². The summed E-state index contributed by atoms with van der Waals surface area (Å²) in [6.45, 7) is 5.42. The maximum atomic E-state index is 11.1. The predicted octanol–water partition coefficient (Wildman–Crippen LogP) is 0.0760. The van der Waals surface area contributed by atoms with Crippen molar-refractivity contribution >= 4 is 11.9 Å². The highest BCUT2D eigenvalue weighted by Crippen LogP contribution is 2.10. The molecule has 0 aliphatic carbocycles. The van der Waals surface area contributed by atoms with Crippen molar-refractivity contribution in [2.45, 2.75) is 26.4 Å². The van der Waals surface area contributed by atoms with Crippen molar-refractivity contribution in [3.8, 4) is 0 Å². The molecule has 0 fully saturated rings. The number of rotatable bonds is 4. The molecule has 0 rings (SSSR count). The fourth-order valence-corrected chi connectivity index (χ4v) is 0.742. The normalized spacial score (nSPS) is 13.4. The van der Waals surface area contributed by atoms with E-state index in [-0.39, 0.29) is 6.61 Å². The highest BCUT2D eigenvalue weighted by atomic mass is 16.5. The molecule has 2 N–H and O–H groups in total. The zero-order valence-electron chi connectivity index (χ0n) is 8.99. The number of carbonyl (C=O) groups is 2. The Hall–Kier alpha value is -1.10. The summed E-state index contributed by atoms with van der Waals surface area (Å²) in [4.78, 5) is 21.9. The van der Waals surface area contributed by atoms with Crippen LogP contribution >= 0.6 is 0 Å². The van der Waals surface area contributed by atoms with Crippen LogP contribution in [0.1, 0.15) is 20.8 Å². The topological polar surface area (TPSA) is 78.6 Å². The van der Waals surface area contributed by atoms with Gasteiger partial charge in [-0.15, -0.1) is 0 Å². The number of carbonyl (C=O) groups excluding carboxylic acids is 2. The van der Waals surface area contributed by atoms with E-state index >= 15 is 0 Å². The first-order valence-electron chi connectivity index (χ1n) is 4.29. The maximum absolute atomic E-state index is 11.1. The second kappa shape index (κ2) is 4.95. The van der Waals surface area contributed by atoms with E-state index in [1.165, 1.54) is 7.11 Å². The average Bonchev–Trinajstić information content (AvgIpc) is 2.01. The molecule has 0 aromatic heterocycles. The molecular weight excluding hydrogens is 186 g/mol. The van der Waals surface area contributed by atoms with Crippen molar-refractivity contribution in [2.75, 3.05) is 13.7 Å². The molecule has 0 saturated heterocycles. The largest absolute Gasteiger partial charge is 0.468 e. The van der Waals surface area contributed by atoms with Crippen LogP contribution in [-0.4, -0.2) is 31.2 Å². The number of primary amides is 1. The Morgan fingerprint density at radius 1 is 1.36 bits per heavy atom. The minimum Gasteiger partial charge on any atom is -0.468 e. The quantitative estimate of drug-likeness (QED) is 0.518. The molecular formula is C9H17NO4. The summed E-state index contributed by atoms with van der Waals surface area (Å²) in [6, 6.07) is 0. The summed E-state index contributed by atoms with van der Waals surface area (Å²) >= 11 is 0. The summed E-state index contributed by atoms with van der Waals surface area (Å²) in [7, 11) is 1.20. The summed E-state index contributed by atoms with van der Waals surface area (Å²) in [5.41, 5.74) is 4.61. The first-order valence-corrected chi connectivity index (χ1v) is 4.29. The Morgan fingerprint density at radius 2 is 1.86 bits per heavy atom. The summed E-state index contributed by atoms with van der Waals surface area (Å²) in [5, 5.41) is 0. The fraction of sp³-hybridized carbons (Fsp3) is 0.778. The van der Waals surface area contributed by atoms with Gasteiger partial charge in [-0.1, -0.05) is 0 Å². The van der Waals surface area contributed by atoms with Crippen LogP contribution in [0.15, 0.2) is 0 Å². The van der Waals surface area contributed by atoms with Crippen molar-refractivity contribution < 1.29 is 19.1 Å². The number of hydrogen-bond donors (Lipinski definition) is 1. The molecule has 0 aromatic carbocycles. The van der Waals surface area contributed by atoms with Gasteiger partial charge in [-0.25, -0.2) is 0 Å². The molecule has 82 valence electrons. The number of hydrogen-bond acceptors (Lipinski definition) is 4. The molecule has 0 bridgehead atoms. The number of esters is 1. The van der Waals surface area contributed by atoms with Crippen molar-refractivity contribution in [3.63, 3.8) is 0 Å². The summed E-state index contributed by atoms with van der Waals surface area (Å²) < 4.78 is 9.69. The first kappa shape index (κ1) is 12.9. The van der Waals surface area contributed by atoms with Gasteiger partial charge in [-0.2, -0.15) is 0 Å². The van der Waals surface area contributed by atoms with Crippen LogP contribution in [0.3, 0.4) is 0 Å². The number of methoxy groups -OCH3 is 1. The third kappa shape index (κ3) is 4.81. The molecule has 0 heterocycles. The molecule has 0 radical (unpaired) electrons. The van der Waals surface area contributed by atoms with Crippen LogP contribution < -0.4 is 5.73 Å². The molecule has 0 aromatic rings. The van der Waals surface area contributed by atoms with Gasteiger partial charge < -0.3 is 15.2 Å². The molecule has 0 spiro atoms. The lowest BCUT2D eigenvalue weighted by Gasteiger charge is -2.21. The van der Waals surface area contributed by atoms with Gasteiger partial charge in [-0.3, -0.25) is 9.59 Å². The molecule has 1 amide bonds. The van der Waals surface area contributed by atoms with Crippen LogP contribution in [0.4, 0.5) is 0 Å². The third-order valence-electron chi connectivity index (χ3n) is 1.51. The van der Waals surface area contributed by atoms with Gasteiger partial charge in [0.05, 0.1) is 19.3 Å². The van der Waals surface area contributed by atoms with Crippen LogP contribution in [0.5, 0.6) is 0 Å². The lowest BCUT2D eigenvalue weighted by atomic mass is 10.1. The molecule has 5 heteroatoms. The second-order valence-corrected chi connectivity index (χ2v) is 3.90. The zero-order valence-corrected chi connectivity index (χ0v) is 8.99. The van der Waals surface area contributed by atoms with Crippen molar-refractivity contribution in [1.82, 2.24) is 0 Å². The van der Waals surface area contributed by atoms with E-state index in [9.17, 15) is 9.59 Å². The number of amides is 1. The fourth-order valence-electron chi connectivity index (χ4n) is 0.742. The smallest absolute Gasteiger partial charge is 0.320 e. The van der Waals surface area contributed by atoms with Gasteiger partial charge in [0.2, 0.25) is 5.91 Å². The Morgan fingerprint density at radius 3 is 2.14 bits per heavy atom. The third-order valence-corrected chi connectivity index (χ3v) is 1.51. The molecule has 0 unspecified atom stereocenters. The molecule has 0 aliphatic rings. The summed E-state index contributed by atoms with van der Waals surface area (Å²) in [6.07, 6.45) is 0. The van der Waals surface area contributed by atoms with E-state index in [4.69, 9.17) is 10.5 Å². The second-order valence-electron chi connectivity index (χ2n) is 3.90. The maximum Gasteiger partial charge on any atom is 0.320 e. The lowest BCUT2D eigenvalue weighted by molar-refractivity contribution is -0.153. The van der Waals surface area contributed by atoms with E-state index in [2.05, 4.69) is 4.74 Å². The Kier molecular flexibility index (Phi) is 4.56. The van der Waals surface area contributed by atoms with Gasteiger partial charge in [0, 0.05) is 0 Å². The molecule has 1 atom stereocenters. The van der Waals surface area contributed by atoms with Crippen LogP contribution in [-0.2, 0) is 19.1 Å². The van der Waals surface area contributed by atoms with Crippen molar-refractivity contribution in [3.05, 3.63) is 0 Å². The molecule has 14 heavy (non-hydrogen) atoms. The highest BCUT2D eigenvalue weighted by molar-refractivity contribution is 5.97. The van der Waals surface area contributed by atoms with Crippen LogP contribution in [0.2, 0.25) is 0 Å². The lowest BCUT2D eigenvalue weighted by Crippen LogP contribution is -2.37. The van der Waals surface area contributed by atoms with E-state index in [1.54, 1.807) is 0 Å². The molecule has 0 aliphatic heterocycles. The first-order chi connectivity index (χ1) is 6.28. The van der Waals surface area contributed by atoms with Gasteiger partial charge >= 0.3 is 5.97 Å². The number of ether oxygens (including phenoxy) is 2. The number of nitrogens with two attached hydrogens (primary N) is 1. The minimum atomic E-state index is -1.03.